The van der Waals surface area contributed by atoms with E-state index in [9.17, 15) is 0 Å². The summed E-state index contributed by atoms with van der Waals surface area (Å²) in [6.45, 7) is 7.28. The highest BCUT2D eigenvalue weighted by atomic mass is 79.9. The van der Waals surface area contributed by atoms with Gasteiger partial charge in [-0.25, -0.2) is 0 Å². The standard InChI is InChI=1S/C9H20BrNO/c1-7(10)5-8(2)11-9(3)6-12-4/h7-9,11H,5-6H2,1-4H3. The van der Waals surface area contributed by atoms with Crippen LogP contribution >= 0.6 is 15.9 Å². The molecule has 0 heterocycles. The Morgan fingerprint density at radius 1 is 1.25 bits per heavy atom. The third-order valence-electron chi connectivity index (χ3n) is 1.66. The summed E-state index contributed by atoms with van der Waals surface area (Å²) in [6.07, 6.45) is 1.15. The van der Waals surface area contributed by atoms with Crippen LogP contribution in [0.5, 0.6) is 0 Å². The van der Waals surface area contributed by atoms with Crippen molar-refractivity contribution in [2.45, 2.75) is 44.1 Å². The summed E-state index contributed by atoms with van der Waals surface area (Å²) >= 11 is 3.53. The largest absolute Gasteiger partial charge is 0.383 e. The van der Waals surface area contributed by atoms with Gasteiger partial charge in [0, 0.05) is 24.0 Å². The van der Waals surface area contributed by atoms with E-state index in [-0.39, 0.29) is 0 Å². The van der Waals surface area contributed by atoms with Crippen LogP contribution in [-0.4, -0.2) is 30.6 Å². The predicted octanol–water partition coefficient (Wildman–Crippen LogP) is 2.17. The molecule has 0 amide bonds. The lowest BCUT2D eigenvalue weighted by atomic mass is 10.2. The van der Waals surface area contributed by atoms with Crippen molar-refractivity contribution in [3.8, 4) is 0 Å². The number of methoxy groups -OCH3 is 1. The fourth-order valence-electron chi connectivity index (χ4n) is 1.34. The molecule has 0 aromatic heterocycles. The monoisotopic (exact) mass is 237 g/mol. The van der Waals surface area contributed by atoms with E-state index >= 15 is 0 Å². The first kappa shape index (κ1) is 12.4. The molecular formula is C9H20BrNO. The van der Waals surface area contributed by atoms with Crippen LogP contribution in [0.2, 0.25) is 0 Å². The molecule has 1 N–H and O–H groups in total. The number of hydrogen-bond donors (Lipinski definition) is 1. The Morgan fingerprint density at radius 3 is 2.25 bits per heavy atom. The van der Waals surface area contributed by atoms with E-state index in [1.807, 2.05) is 0 Å². The Balaban J connectivity index is 3.46. The average molecular weight is 238 g/mol. The van der Waals surface area contributed by atoms with Crippen LogP contribution in [0.15, 0.2) is 0 Å². The van der Waals surface area contributed by atoms with Crippen LogP contribution in [0.3, 0.4) is 0 Å². The molecule has 0 aromatic carbocycles. The lowest BCUT2D eigenvalue weighted by Crippen LogP contribution is -2.38. The molecule has 2 nitrogen and oxygen atoms in total. The molecule has 12 heavy (non-hydrogen) atoms. The first-order chi connectivity index (χ1) is 5.56. The van der Waals surface area contributed by atoms with Gasteiger partial charge in [0.05, 0.1) is 6.61 Å². The number of rotatable bonds is 6. The minimum absolute atomic E-state index is 0.441. The van der Waals surface area contributed by atoms with E-state index in [0.717, 1.165) is 13.0 Å². The van der Waals surface area contributed by atoms with Crippen LogP contribution in [0.25, 0.3) is 0 Å². The lowest BCUT2D eigenvalue weighted by Gasteiger charge is -2.20. The molecule has 0 bridgehead atoms. The van der Waals surface area contributed by atoms with Crippen molar-refractivity contribution in [3.63, 3.8) is 0 Å². The molecule has 0 spiro atoms. The fraction of sp³-hybridized carbons (Fsp3) is 1.00. The third-order valence-corrected chi connectivity index (χ3v) is 2.04. The molecule has 74 valence electrons. The summed E-state index contributed by atoms with van der Waals surface area (Å²) in [5.74, 6) is 0. The van der Waals surface area contributed by atoms with Gasteiger partial charge in [0.1, 0.15) is 0 Å². The van der Waals surface area contributed by atoms with E-state index in [0.29, 0.717) is 16.9 Å². The van der Waals surface area contributed by atoms with Gasteiger partial charge in [0.2, 0.25) is 0 Å². The van der Waals surface area contributed by atoms with E-state index in [1.54, 1.807) is 7.11 Å². The van der Waals surface area contributed by atoms with Crippen LogP contribution in [-0.2, 0) is 4.74 Å². The highest BCUT2D eigenvalue weighted by Gasteiger charge is 2.08. The van der Waals surface area contributed by atoms with Crippen molar-refractivity contribution in [3.05, 3.63) is 0 Å². The van der Waals surface area contributed by atoms with Crippen molar-refractivity contribution >= 4 is 15.9 Å². The number of ether oxygens (including phenoxy) is 1. The molecule has 0 rings (SSSR count). The van der Waals surface area contributed by atoms with Crippen LogP contribution < -0.4 is 5.32 Å². The third kappa shape index (κ3) is 7.07. The van der Waals surface area contributed by atoms with E-state index in [1.165, 1.54) is 0 Å². The number of halogens is 1. The van der Waals surface area contributed by atoms with E-state index < -0.39 is 0 Å². The van der Waals surface area contributed by atoms with Gasteiger partial charge in [-0.2, -0.15) is 0 Å². The molecule has 0 aliphatic rings. The second kappa shape index (κ2) is 6.87. The van der Waals surface area contributed by atoms with E-state index in [2.05, 4.69) is 42.0 Å². The van der Waals surface area contributed by atoms with Crippen molar-refractivity contribution in [2.75, 3.05) is 13.7 Å². The molecule has 0 aliphatic heterocycles. The van der Waals surface area contributed by atoms with Gasteiger partial charge in [0.25, 0.3) is 0 Å². The highest BCUT2D eigenvalue weighted by Crippen LogP contribution is 2.06. The van der Waals surface area contributed by atoms with Gasteiger partial charge >= 0.3 is 0 Å². The van der Waals surface area contributed by atoms with Gasteiger partial charge in [-0.1, -0.05) is 22.9 Å². The molecule has 3 heteroatoms. The zero-order valence-electron chi connectivity index (χ0n) is 8.43. The summed E-state index contributed by atoms with van der Waals surface area (Å²) in [5.41, 5.74) is 0. The summed E-state index contributed by atoms with van der Waals surface area (Å²) in [7, 11) is 1.73. The smallest absolute Gasteiger partial charge is 0.0613 e. The van der Waals surface area contributed by atoms with Gasteiger partial charge in [0.15, 0.2) is 0 Å². The summed E-state index contributed by atoms with van der Waals surface area (Å²) in [4.78, 5) is 0.578. The molecule has 3 atom stereocenters. The highest BCUT2D eigenvalue weighted by molar-refractivity contribution is 9.09. The van der Waals surface area contributed by atoms with E-state index in [4.69, 9.17) is 4.74 Å². The van der Waals surface area contributed by atoms with Gasteiger partial charge in [-0.05, 0) is 20.3 Å². The maximum atomic E-state index is 5.04. The number of alkyl halides is 1. The molecule has 0 saturated carbocycles. The Hall–Kier alpha value is 0.400. The summed E-state index contributed by atoms with van der Waals surface area (Å²) in [6, 6.07) is 0.987. The van der Waals surface area contributed by atoms with Crippen molar-refractivity contribution in [1.29, 1.82) is 0 Å². The Labute approximate surface area is 84.2 Å². The average Bonchev–Trinajstić information content (AvgIpc) is 1.84. The summed E-state index contributed by atoms with van der Waals surface area (Å²) in [5, 5.41) is 3.46. The maximum absolute atomic E-state index is 5.04. The number of nitrogens with one attached hydrogen (secondary N) is 1. The Morgan fingerprint density at radius 2 is 1.83 bits per heavy atom. The summed E-state index contributed by atoms with van der Waals surface area (Å²) < 4.78 is 5.04. The first-order valence-electron chi connectivity index (χ1n) is 4.45. The number of hydrogen-bond acceptors (Lipinski definition) is 2. The Kier molecular flexibility index (Phi) is 7.10. The van der Waals surface area contributed by atoms with Crippen molar-refractivity contribution < 1.29 is 4.74 Å². The lowest BCUT2D eigenvalue weighted by molar-refractivity contribution is 0.167. The molecular weight excluding hydrogens is 218 g/mol. The second-order valence-electron chi connectivity index (χ2n) is 3.44. The van der Waals surface area contributed by atoms with Crippen molar-refractivity contribution in [2.24, 2.45) is 0 Å². The zero-order chi connectivity index (χ0) is 9.56. The maximum Gasteiger partial charge on any atom is 0.0613 e. The zero-order valence-corrected chi connectivity index (χ0v) is 10.0. The molecule has 0 saturated heterocycles. The molecule has 0 radical (unpaired) electrons. The molecule has 0 aliphatic carbocycles. The fourth-order valence-corrected chi connectivity index (χ4v) is 1.90. The molecule has 3 unspecified atom stereocenters. The minimum atomic E-state index is 0.441. The molecule has 0 aromatic rings. The second-order valence-corrected chi connectivity index (χ2v) is 5.00. The van der Waals surface area contributed by atoms with Crippen LogP contribution in [0.4, 0.5) is 0 Å². The predicted molar refractivity (Wildman–Crippen MR) is 56.9 cm³/mol. The first-order valence-corrected chi connectivity index (χ1v) is 5.36. The minimum Gasteiger partial charge on any atom is -0.383 e. The van der Waals surface area contributed by atoms with Crippen molar-refractivity contribution in [1.82, 2.24) is 5.32 Å². The van der Waals surface area contributed by atoms with Gasteiger partial charge in [-0.3, -0.25) is 0 Å². The normalized spacial score (nSPS) is 18.8. The SMILES string of the molecule is COCC(C)NC(C)CC(C)Br. The van der Waals surface area contributed by atoms with Gasteiger partial charge in [-0.15, -0.1) is 0 Å². The van der Waals surface area contributed by atoms with Crippen LogP contribution in [0.1, 0.15) is 27.2 Å². The Bertz CT molecular complexity index is 109. The van der Waals surface area contributed by atoms with Crippen LogP contribution in [0, 0.1) is 0 Å². The van der Waals surface area contributed by atoms with Gasteiger partial charge < -0.3 is 10.1 Å². The quantitative estimate of drug-likeness (QED) is 0.716. The topological polar surface area (TPSA) is 21.3 Å². The molecule has 0 fully saturated rings.